The fourth-order valence-corrected chi connectivity index (χ4v) is 5.21. The number of anilines is 1. The predicted molar refractivity (Wildman–Crippen MR) is 155 cm³/mol. The molecule has 2 unspecified atom stereocenters. The molecule has 14 nitrogen and oxygen atoms in total. The molecule has 0 radical (unpaired) electrons. The first-order valence-electron chi connectivity index (χ1n) is 14.1. The van der Waals surface area contributed by atoms with Crippen molar-refractivity contribution in [1.82, 2.24) is 25.8 Å². The van der Waals surface area contributed by atoms with E-state index in [0.29, 0.717) is 12.8 Å². The van der Waals surface area contributed by atoms with Crippen LogP contribution in [0.1, 0.15) is 76.7 Å². The quantitative estimate of drug-likeness (QED) is 0.168. The van der Waals surface area contributed by atoms with E-state index in [9.17, 15) is 33.9 Å². The van der Waals surface area contributed by atoms with E-state index in [2.05, 4.69) is 26.3 Å². The molecule has 0 saturated carbocycles. The molecule has 2 heterocycles. The average molecular weight is 611 g/mol. The highest BCUT2D eigenvalue weighted by Crippen LogP contribution is 2.19. The van der Waals surface area contributed by atoms with E-state index in [1.165, 1.54) is 5.38 Å². The number of aliphatic carboxylic acids is 2. The maximum atomic E-state index is 13.4. The molecule has 1 aromatic heterocycles. The monoisotopic (exact) mass is 610 g/mol. The molecule has 1 aliphatic heterocycles. The van der Waals surface area contributed by atoms with Crippen LogP contribution in [-0.4, -0.2) is 93.4 Å². The van der Waals surface area contributed by atoms with E-state index in [1.807, 2.05) is 25.8 Å². The number of carbonyl (C=O) groups is 6. The zero-order valence-corrected chi connectivity index (χ0v) is 25.5. The van der Waals surface area contributed by atoms with Crippen LogP contribution in [0.25, 0.3) is 0 Å². The number of nitrogens with zero attached hydrogens (tertiary/aromatic N) is 2. The Labute approximate surface area is 249 Å². The number of amides is 4. The third-order valence-corrected chi connectivity index (χ3v) is 8.09. The predicted octanol–water partition coefficient (Wildman–Crippen LogP) is 1.29. The summed E-state index contributed by atoms with van der Waals surface area (Å²) in [5, 5.41) is 29.9. The van der Waals surface area contributed by atoms with Gasteiger partial charge in [0.15, 0.2) is 5.13 Å². The highest BCUT2D eigenvalue weighted by atomic mass is 32.1. The summed E-state index contributed by atoms with van der Waals surface area (Å²) in [5.74, 6) is -5.23. The Morgan fingerprint density at radius 2 is 1.71 bits per heavy atom. The number of rotatable bonds is 15. The largest absolute Gasteiger partial charge is 0.481 e. The van der Waals surface area contributed by atoms with Crippen LogP contribution in [-0.2, 0) is 24.0 Å². The number of hydrogen-bond acceptors (Lipinski definition) is 9. The summed E-state index contributed by atoms with van der Waals surface area (Å²) in [6.07, 6.45) is 2.53. The van der Waals surface area contributed by atoms with Crippen molar-refractivity contribution in [2.45, 2.75) is 90.4 Å². The Morgan fingerprint density at radius 3 is 2.29 bits per heavy atom. The van der Waals surface area contributed by atoms with E-state index in [-0.39, 0.29) is 41.0 Å². The molecule has 15 heteroatoms. The summed E-state index contributed by atoms with van der Waals surface area (Å²) in [6, 6.07) is -3.56. The number of likely N-dealkylation sites (tertiary alicyclic amines) is 1. The first-order chi connectivity index (χ1) is 19.7. The second-order valence-electron chi connectivity index (χ2n) is 10.9. The molecule has 1 aliphatic rings. The van der Waals surface area contributed by atoms with Crippen molar-refractivity contribution in [3.8, 4) is 0 Å². The van der Waals surface area contributed by atoms with Crippen molar-refractivity contribution in [3.63, 3.8) is 0 Å². The number of hydrogen-bond donors (Lipinski definition) is 6. The third-order valence-electron chi connectivity index (χ3n) is 7.33. The number of carboxylic acids is 2. The van der Waals surface area contributed by atoms with Crippen LogP contribution in [0.15, 0.2) is 5.38 Å². The van der Waals surface area contributed by atoms with Crippen molar-refractivity contribution in [3.05, 3.63) is 11.1 Å². The Hall–Kier alpha value is -3.59. The fraction of sp³-hybridized carbons (Fsp3) is 0.667. The molecule has 1 fully saturated rings. The lowest BCUT2D eigenvalue weighted by molar-refractivity contribution is -0.140. The molecule has 6 N–H and O–H groups in total. The fourth-order valence-electron chi connectivity index (χ4n) is 4.51. The molecule has 0 aromatic carbocycles. The summed E-state index contributed by atoms with van der Waals surface area (Å²) in [5.41, 5.74) is -0.158. The number of likely N-dealkylation sites (N-methyl/N-ethyl adjacent to an activating group) is 1. The third kappa shape index (κ3) is 10.0. The van der Waals surface area contributed by atoms with Gasteiger partial charge in [0.05, 0.1) is 6.04 Å². The molecule has 0 bridgehead atoms. The number of piperidine rings is 1. The summed E-state index contributed by atoms with van der Waals surface area (Å²) in [4.78, 5) is 80.3. The molecule has 0 spiro atoms. The molecule has 2 rings (SSSR count). The van der Waals surface area contributed by atoms with Gasteiger partial charge in [-0.15, -0.1) is 11.3 Å². The van der Waals surface area contributed by atoms with E-state index < -0.39 is 54.2 Å². The van der Waals surface area contributed by atoms with Gasteiger partial charge in [-0.1, -0.05) is 40.5 Å². The Balaban J connectivity index is 2.08. The number of carboxylic acid groups (broad SMARTS) is 2. The number of thiazole rings is 1. The maximum Gasteiger partial charge on any atom is 0.326 e. The minimum atomic E-state index is -1.42. The maximum absolute atomic E-state index is 13.4. The summed E-state index contributed by atoms with van der Waals surface area (Å²) in [7, 11) is 1.89. The zero-order chi connectivity index (χ0) is 31.6. The molecule has 42 heavy (non-hydrogen) atoms. The summed E-state index contributed by atoms with van der Waals surface area (Å²) < 4.78 is 0. The summed E-state index contributed by atoms with van der Waals surface area (Å²) >= 11 is 0.927. The SMILES string of the molecule is CCC(C)[C@H](NC(=O)C1CCCCN1C)C(=O)N[C@H](C(=O)Nc1nc(C(=O)N[C@@H](CCC(=O)O)C(=O)O)cs1)C(C)C. The van der Waals surface area contributed by atoms with Gasteiger partial charge < -0.3 is 31.5 Å². The van der Waals surface area contributed by atoms with Crippen molar-refractivity contribution in [1.29, 1.82) is 0 Å². The molecule has 4 amide bonds. The van der Waals surface area contributed by atoms with Crippen molar-refractivity contribution < 1.29 is 39.0 Å². The second kappa shape index (κ2) is 16.2. The van der Waals surface area contributed by atoms with Gasteiger partial charge in [-0.05, 0) is 44.7 Å². The molecule has 234 valence electrons. The van der Waals surface area contributed by atoms with Crippen LogP contribution in [0.2, 0.25) is 0 Å². The first-order valence-corrected chi connectivity index (χ1v) is 15.0. The van der Waals surface area contributed by atoms with Crippen LogP contribution >= 0.6 is 11.3 Å². The van der Waals surface area contributed by atoms with Gasteiger partial charge in [-0.3, -0.25) is 28.9 Å². The van der Waals surface area contributed by atoms with E-state index >= 15 is 0 Å². The van der Waals surface area contributed by atoms with Gasteiger partial charge in [-0.2, -0.15) is 0 Å². The lowest BCUT2D eigenvalue weighted by Gasteiger charge is -2.34. The Morgan fingerprint density at radius 1 is 1.02 bits per heavy atom. The van der Waals surface area contributed by atoms with E-state index in [0.717, 1.165) is 30.7 Å². The highest BCUT2D eigenvalue weighted by Gasteiger charge is 2.34. The van der Waals surface area contributed by atoms with Crippen LogP contribution in [0.5, 0.6) is 0 Å². The molecular formula is C27H42N6O8S. The highest BCUT2D eigenvalue weighted by molar-refractivity contribution is 7.14. The lowest BCUT2D eigenvalue weighted by Crippen LogP contribution is -2.59. The van der Waals surface area contributed by atoms with Gasteiger partial charge in [0, 0.05) is 11.8 Å². The standard InChI is InChI=1S/C27H42N6O8S/c1-6-15(4)21(31-23(37)18-9-7-8-12-33(18)5)25(39)30-20(14(2)3)24(38)32-27-29-17(13-42-27)22(36)28-16(26(40)41)10-11-19(34)35/h13-16,18,20-21H,6-12H2,1-5H3,(H,28,36)(H,30,39)(H,31,37)(H,34,35)(H,40,41)(H,29,32,38)/t15?,16-,18?,20-,21-/m0/s1. The minimum absolute atomic E-state index is 0.0505. The van der Waals surface area contributed by atoms with Crippen molar-refractivity contribution >= 4 is 52.0 Å². The topological polar surface area (TPSA) is 207 Å². The van der Waals surface area contributed by atoms with Gasteiger partial charge in [0.25, 0.3) is 5.91 Å². The smallest absolute Gasteiger partial charge is 0.326 e. The van der Waals surface area contributed by atoms with E-state index in [4.69, 9.17) is 5.11 Å². The van der Waals surface area contributed by atoms with E-state index in [1.54, 1.807) is 13.8 Å². The van der Waals surface area contributed by atoms with Crippen molar-refractivity contribution in [2.24, 2.45) is 11.8 Å². The molecule has 1 aromatic rings. The number of carbonyl (C=O) groups excluding carboxylic acids is 4. The van der Waals surface area contributed by atoms with Crippen LogP contribution in [0, 0.1) is 11.8 Å². The molecule has 0 aliphatic carbocycles. The second-order valence-corrected chi connectivity index (χ2v) is 11.8. The van der Waals surface area contributed by atoms with Crippen LogP contribution < -0.4 is 21.3 Å². The van der Waals surface area contributed by atoms with Gasteiger partial charge in [-0.25, -0.2) is 9.78 Å². The summed E-state index contributed by atoms with van der Waals surface area (Å²) in [6.45, 7) is 8.08. The minimum Gasteiger partial charge on any atom is -0.481 e. The Bertz CT molecular complexity index is 1140. The molecule has 1 saturated heterocycles. The van der Waals surface area contributed by atoms with Gasteiger partial charge >= 0.3 is 11.9 Å². The average Bonchev–Trinajstić information content (AvgIpc) is 3.40. The van der Waals surface area contributed by atoms with Crippen molar-refractivity contribution in [2.75, 3.05) is 18.9 Å². The zero-order valence-electron chi connectivity index (χ0n) is 24.6. The van der Waals surface area contributed by atoms with Crippen LogP contribution in [0.3, 0.4) is 0 Å². The molecular weight excluding hydrogens is 568 g/mol. The first kappa shape index (κ1) is 34.6. The molecule has 5 atom stereocenters. The van der Waals surface area contributed by atoms with Gasteiger partial charge in [0.1, 0.15) is 23.8 Å². The van der Waals surface area contributed by atoms with Crippen LogP contribution in [0.4, 0.5) is 5.13 Å². The Kier molecular flexibility index (Phi) is 13.3. The van der Waals surface area contributed by atoms with Gasteiger partial charge in [0.2, 0.25) is 17.7 Å². The normalized spacial score (nSPS) is 18.3. The lowest BCUT2D eigenvalue weighted by atomic mass is 9.95. The number of aromatic nitrogens is 1. The number of nitrogens with one attached hydrogen (secondary N) is 4.